The fourth-order valence-corrected chi connectivity index (χ4v) is 0.717. The minimum atomic E-state index is 0.597. The molecule has 0 rings (SSSR count). The molecule has 13 N–H and O–H groups in total. The summed E-state index contributed by atoms with van der Waals surface area (Å²) in [4.78, 5) is 0. The lowest BCUT2D eigenvalue weighted by molar-refractivity contribution is 0.209. The monoisotopic (exact) mass is 310 g/mol. The van der Waals surface area contributed by atoms with Crippen molar-refractivity contribution >= 4 is 0 Å². The van der Waals surface area contributed by atoms with E-state index in [4.69, 9.17) is 34.4 Å². The Balaban J connectivity index is -0.000000102. The molecule has 8 heteroatoms. The lowest BCUT2D eigenvalue weighted by Crippen LogP contribution is -2.37. The van der Waals surface area contributed by atoms with Gasteiger partial charge in [0.25, 0.3) is 0 Å². The van der Waals surface area contributed by atoms with Crippen LogP contribution in [0.3, 0.4) is 0 Å². The summed E-state index contributed by atoms with van der Waals surface area (Å²) in [6.45, 7) is 13.4. The van der Waals surface area contributed by atoms with Gasteiger partial charge in [-0.25, -0.2) is 5.01 Å². The number of nitrogens with two attached hydrogens (primary N) is 6. The summed E-state index contributed by atoms with van der Waals surface area (Å²) in [5.74, 6) is 0. The number of hydrogen-bond acceptors (Lipinski definition) is 8. The van der Waals surface area contributed by atoms with Gasteiger partial charge in [0.15, 0.2) is 0 Å². The molecule has 0 saturated heterocycles. The van der Waals surface area contributed by atoms with Gasteiger partial charge in [0.1, 0.15) is 0 Å². The summed E-state index contributed by atoms with van der Waals surface area (Å²) in [5, 5.41) is 2.21. The van der Waals surface area contributed by atoms with Crippen molar-refractivity contribution in [3.8, 4) is 0 Å². The molecule has 134 valence electrons. The molecule has 0 aliphatic heterocycles. The molecular formula is C13H42N8. The maximum atomic E-state index is 4.90. The summed E-state index contributed by atoms with van der Waals surface area (Å²) in [6, 6.07) is 0. The van der Waals surface area contributed by atoms with Crippen LogP contribution in [0.5, 0.6) is 0 Å². The van der Waals surface area contributed by atoms with Crippen LogP contribution in [0, 0.1) is 0 Å². The molecule has 0 saturated carbocycles. The van der Waals surface area contributed by atoms with Gasteiger partial charge in [-0.1, -0.05) is 20.8 Å². The lowest BCUT2D eigenvalue weighted by Gasteiger charge is -2.18. The minimum Gasteiger partial charge on any atom is -0.329 e. The Bertz CT molecular complexity index is 107. The van der Waals surface area contributed by atoms with Gasteiger partial charge < -0.3 is 34.4 Å². The summed E-state index contributed by atoms with van der Waals surface area (Å²) in [5.41, 5.74) is 32.7. The zero-order valence-electron chi connectivity index (χ0n) is 14.5. The highest BCUT2D eigenvalue weighted by Crippen LogP contribution is 1.79. The van der Waals surface area contributed by atoms with Crippen molar-refractivity contribution in [2.24, 2.45) is 34.4 Å². The van der Waals surface area contributed by atoms with E-state index < -0.39 is 0 Å². The molecule has 0 amide bonds. The van der Waals surface area contributed by atoms with Gasteiger partial charge in [0, 0.05) is 58.9 Å². The van der Waals surface area contributed by atoms with Gasteiger partial charge in [-0.2, -0.15) is 0 Å². The van der Waals surface area contributed by atoms with Crippen molar-refractivity contribution in [1.29, 1.82) is 0 Å². The van der Waals surface area contributed by atoms with Gasteiger partial charge >= 0.3 is 0 Å². The molecule has 0 aromatic rings. The molecule has 0 spiro atoms. The van der Waals surface area contributed by atoms with E-state index in [1.54, 1.807) is 0 Å². The smallest absolute Gasteiger partial charge is 0.0102 e. The summed E-state index contributed by atoms with van der Waals surface area (Å²) in [6.07, 6.45) is 1.20. The van der Waals surface area contributed by atoms with Crippen LogP contribution in [0.2, 0.25) is 0 Å². The largest absolute Gasteiger partial charge is 0.329 e. The first kappa shape index (κ1) is 28.8. The molecule has 0 aromatic carbocycles. The van der Waals surface area contributed by atoms with Crippen LogP contribution >= 0.6 is 0 Å². The molecule has 21 heavy (non-hydrogen) atoms. The molecule has 0 aliphatic rings. The Labute approximate surface area is 131 Å². The van der Waals surface area contributed by atoms with E-state index in [1.807, 2.05) is 0 Å². The molecule has 0 fully saturated rings. The van der Waals surface area contributed by atoms with Crippen LogP contribution in [0.25, 0.3) is 0 Å². The third kappa shape index (κ3) is 53.9. The van der Waals surface area contributed by atoms with Gasteiger partial charge in [0.2, 0.25) is 0 Å². The number of hydrazine groups is 1. The van der Waals surface area contributed by atoms with Crippen LogP contribution in [0.15, 0.2) is 0 Å². The normalized spacial score (nSPS) is 8.86. The van der Waals surface area contributed by atoms with E-state index in [0.29, 0.717) is 39.3 Å². The molecule has 0 heterocycles. The Kier molecular flexibility index (Phi) is 50.3. The van der Waals surface area contributed by atoms with Crippen molar-refractivity contribution in [1.82, 2.24) is 10.4 Å². The van der Waals surface area contributed by atoms with Crippen molar-refractivity contribution < 1.29 is 0 Å². The predicted octanol–water partition coefficient (Wildman–Crippen LogP) is -2.05. The Morgan fingerprint density at radius 1 is 0.619 bits per heavy atom. The van der Waals surface area contributed by atoms with E-state index >= 15 is 0 Å². The van der Waals surface area contributed by atoms with Crippen LogP contribution in [0.4, 0.5) is 0 Å². The third-order valence-electron chi connectivity index (χ3n) is 1.85. The van der Waals surface area contributed by atoms with Crippen molar-refractivity contribution in [2.75, 3.05) is 58.9 Å². The van der Waals surface area contributed by atoms with Gasteiger partial charge in [-0.3, -0.25) is 5.43 Å². The standard InChI is InChI=1S/C7H18N2.3C2H8N2/c1-4-7-8-9(5-2)6-3;3*3-1-2-4/h8H,4-7H2,1-3H3;3*1-4H2. The summed E-state index contributed by atoms with van der Waals surface area (Å²) in [7, 11) is 0. The second kappa shape index (κ2) is 36.7. The first-order valence-electron chi connectivity index (χ1n) is 7.78. The molecule has 0 aromatic heterocycles. The second-order valence-electron chi connectivity index (χ2n) is 3.81. The highest BCUT2D eigenvalue weighted by Gasteiger charge is 1.92. The number of hydrogen-bond donors (Lipinski definition) is 7. The summed E-state index contributed by atoms with van der Waals surface area (Å²) >= 11 is 0. The molecule has 0 radical (unpaired) electrons. The van der Waals surface area contributed by atoms with E-state index in [0.717, 1.165) is 19.6 Å². The number of nitrogens with zero attached hydrogens (tertiary/aromatic N) is 1. The number of rotatable bonds is 8. The zero-order chi connectivity index (χ0) is 17.4. The van der Waals surface area contributed by atoms with Crippen LogP contribution in [-0.2, 0) is 0 Å². The highest BCUT2D eigenvalue weighted by atomic mass is 15.5. The molecule has 0 atom stereocenters. The topological polar surface area (TPSA) is 171 Å². The maximum absolute atomic E-state index is 4.90. The second-order valence-corrected chi connectivity index (χ2v) is 3.81. The van der Waals surface area contributed by atoms with Gasteiger partial charge in [0.05, 0.1) is 0 Å². The van der Waals surface area contributed by atoms with Crippen LogP contribution < -0.4 is 39.8 Å². The third-order valence-corrected chi connectivity index (χ3v) is 1.85. The first-order chi connectivity index (χ1) is 10.1. The quantitative estimate of drug-likeness (QED) is 0.251. The molecule has 8 nitrogen and oxygen atoms in total. The van der Waals surface area contributed by atoms with Crippen molar-refractivity contribution in [2.45, 2.75) is 27.2 Å². The van der Waals surface area contributed by atoms with Crippen molar-refractivity contribution in [3.63, 3.8) is 0 Å². The highest BCUT2D eigenvalue weighted by molar-refractivity contribution is 4.43. The first-order valence-corrected chi connectivity index (χ1v) is 7.78. The van der Waals surface area contributed by atoms with E-state index in [2.05, 4.69) is 31.2 Å². The maximum Gasteiger partial charge on any atom is 0.0102 e. The Morgan fingerprint density at radius 3 is 1.05 bits per heavy atom. The van der Waals surface area contributed by atoms with Crippen LogP contribution in [0.1, 0.15) is 27.2 Å². The average molecular weight is 311 g/mol. The van der Waals surface area contributed by atoms with Crippen molar-refractivity contribution in [3.05, 3.63) is 0 Å². The summed E-state index contributed by atoms with van der Waals surface area (Å²) < 4.78 is 0. The predicted molar refractivity (Wildman–Crippen MR) is 95.5 cm³/mol. The van der Waals surface area contributed by atoms with E-state index in [1.165, 1.54) is 6.42 Å². The number of nitrogens with one attached hydrogen (secondary N) is 1. The SMILES string of the molecule is CCCNN(CC)CC.NCCN.NCCN.NCCN. The van der Waals surface area contributed by atoms with E-state index in [-0.39, 0.29) is 0 Å². The van der Waals surface area contributed by atoms with Gasteiger partial charge in [-0.15, -0.1) is 0 Å². The molecule has 0 aliphatic carbocycles. The minimum absolute atomic E-state index is 0.597. The van der Waals surface area contributed by atoms with Gasteiger partial charge in [-0.05, 0) is 6.42 Å². The Morgan fingerprint density at radius 2 is 0.905 bits per heavy atom. The molecule has 0 bridgehead atoms. The lowest BCUT2D eigenvalue weighted by atomic mass is 10.5. The van der Waals surface area contributed by atoms with Crippen LogP contribution in [-0.4, -0.2) is 63.9 Å². The Hall–Kier alpha value is -0.320. The molecular weight excluding hydrogens is 268 g/mol. The van der Waals surface area contributed by atoms with E-state index in [9.17, 15) is 0 Å². The zero-order valence-corrected chi connectivity index (χ0v) is 14.5. The average Bonchev–Trinajstić information content (AvgIpc) is 2.56. The molecule has 0 unspecified atom stereocenters. The fraction of sp³-hybridized carbons (Fsp3) is 1.00. The fourth-order valence-electron chi connectivity index (χ4n) is 0.717.